The molecule has 176 valence electrons. The Balaban J connectivity index is 1.33. The Hall–Kier alpha value is -3.91. The quantitative estimate of drug-likeness (QED) is 0.248. The Kier molecular flexibility index (Phi) is 6.90. The van der Waals surface area contributed by atoms with Gasteiger partial charge in [-0.25, -0.2) is 0 Å². The van der Waals surface area contributed by atoms with Gasteiger partial charge in [0.2, 0.25) is 11.8 Å². The molecule has 0 atom stereocenters. The van der Waals surface area contributed by atoms with Crippen LogP contribution >= 0.6 is 11.8 Å². The molecule has 35 heavy (non-hydrogen) atoms. The number of benzene rings is 3. The SMILES string of the molecule is Cc1cccc(C)c1OCc1nnc(SCc2nnc(Cc3ccccc3)o2)n1-c1ccccc1. The first-order valence-corrected chi connectivity index (χ1v) is 12.3. The van der Waals surface area contributed by atoms with Gasteiger partial charge >= 0.3 is 0 Å². The summed E-state index contributed by atoms with van der Waals surface area (Å²) in [5, 5.41) is 18.0. The first kappa shape index (κ1) is 22.9. The summed E-state index contributed by atoms with van der Waals surface area (Å²) in [5.74, 6) is 3.23. The lowest BCUT2D eigenvalue weighted by Gasteiger charge is -2.13. The summed E-state index contributed by atoms with van der Waals surface area (Å²) in [6, 6.07) is 26.2. The van der Waals surface area contributed by atoms with Gasteiger partial charge < -0.3 is 9.15 Å². The highest BCUT2D eigenvalue weighted by Crippen LogP contribution is 2.27. The third-order valence-corrected chi connectivity index (χ3v) is 6.41. The van der Waals surface area contributed by atoms with E-state index in [1.807, 2.05) is 97.3 Å². The van der Waals surface area contributed by atoms with Crippen LogP contribution in [0.1, 0.15) is 34.3 Å². The molecule has 3 aromatic carbocycles. The predicted molar refractivity (Wildman–Crippen MR) is 135 cm³/mol. The van der Waals surface area contributed by atoms with Crippen LogP contribution in [-0.4, -0.2) is 25.0 Å². The van der Waals surface area contributed by atoms with E-state index in [9.17, 15) is 0 Å². The molecule has 5 rings (SSSR count). The largest absolute Gasteiger partial charge is 0.485 e. The summed E-state index contributed by atoms with van der Waals surface area (Å²) in [6.07, 6.45) is 0.610. The van der Waals surface area contributed by atoms with E-state index < -0.39 is 0 Å². The van der Waals surface area contributed by atoms with E-state index in [0.29, 0.717) is 30.6 Å². The number of hydrogen-bond donors (Lipinski definition) is 0. The molecular weight excluding hydrogens is 458 g/mol. The molecule has 0 aliphatic rings. The first-order chi connectivity index (χ1) is 17.2. The highest BCUT2D eigenvalue weighted by atomic mass is 32.2. The van der Waals surface area contributed by atoms with Crippen molar-refractivity contribution >= 4 is 11.8 Å². The van der Waals surface area contributed by atoms with Gasteiger partial charge in [0.1, 0.15) is 12.4 Å². The number of ether oxygens (including phenoxy) is 1. The van der Waals surface area contributed by atoms with Crippen LogP contribution in [0.25, 0.3) is 5.69 Å². The monoisotopic (exact) mass is 483 g/mol. The van der Waals surface area contributed by atoms with E-state index in [0.717, 1.165) is 39.1 Å². The molecule has 0 radical (unpaired) electrons. The van der Waals surface area contributed by atoms with E-state index in [4.69, 9.17) is 9.15 Å². The molecule has 0 saturated carbocycles. The van der Waals surface area contributed by atoms with Crippen LogP contribution in [0.5, 0.6) is 5.75 Å². The van der Waals surface area contributed by atoms with Crippen LogP contribution in [0.3, 0.4) is 0 Å². The maximum atomic E-state index is 6.18. The molecule has 0 fully saturated rings. The maximum Gasteiger partial charge on any atom is 0.226 e. The topological polar surface area (TPSA) is 78.9 Å². The lowest BCUT2D eigenvalue weighted by molar-refractivity contribution is 0.289. The minimum atomic E-state index is 0.302. The van der Waals surface area contributed by atoms with Crippen molar-refractivity contribution < 1.29 is 9.15 Å². The zero-order valence-electron chi connectivity index (χ0n) is 19.6. The molecule has 0 amide bonds. The van der Waals surface area contributed by atoms with Gasteiger partial charge in [-0.3, -0.25) is 4.57 Å². The second-order valence-corrected chi connectivity index (χ2v) is 9.06. The summed E-state index contributed by atoms with van der Waals surface area (Å²) in [6.45, 7) is 4.39. The number of aryl methyl sites for hydroxylation is 2. The van der Waals surface area contributed by atoms with Crippen LogP contribution in [0, 0.1) is 13.8 Å². The third kappa shape index (κ3) is 5.44. The molecule has 0 saturated heterocycles. The van der Waals surface area contributed by atoms with Crippen molar-refractivity contribution in [2.24, 2.45) is 0 Å². The summed E-state index contributed by atoms with van der Waals surface area (Å²) >= 11 is 1.50. The lowest BCUT2D eigenvalue weighted by Crippen LogP contribution is -2.07. The van der Waals surface area contributed by atoms with Crippen molar-refractivity contribution in [3.05, 3.63) is 113 Å². The second kappa shape index (κ2) is 10.6. The fraction of sp³-hybridized carbons (Fsp3) is 0.185. The Labute approximate surface area is 208 Å². The van der Waals surface area contributed by atoms with Gasteiger partial charge in [-0.2, -0.15) is 0 Å². The Morgan fingerprint density at radius 2 is 1.46 bits per heavy atom. The van der Waals surface area contributed by atoms with E-state index >= 15 is 0 Å². The number of aromatic nitrogens is 5. The van der Waals surface area contributed by atoms with E-state index in [1.165, 1.54) is 11.8 Å². The molecule has 0 N–H and O–H groups in total. The zero-order chi connectivity index (χ0) is 24.0. The van der Waals surface area contributed by atoms with Crippen LogP contribution in [0.2, 0.25) is 0 Å². The molecule has 0 bridgehead atoms. The van der Waals surface area contributed by atoms with Crippen molar-refractivity contribution in [1.82, 2.24) is 25.0 Å². The molecule has 2 heterocycles. The van der Waals surface area contributed by atoms with Gasteiger partial charge in [0.05, 0.1) is 12.2 Å². The van der Waals surface area contributed by atoms with Gasteiger partial charge in [0, 0.05) is 5.69 Å². The molecule has 0 spiro atoms. The summed E-state index contributed by atoms with van der Waals surface area (Å²) in [4.78, 5) is 0. The average molecular weight is 484 g/mol. The molecule has 0 aliphatic heterocycles. The van der Waals surface area contributed by atoms with Crippen LogP contribution in [-0.2, 0) is 18.8 Å². The van der Waals surface area contributed by atoms with Crippen molar-refractivity contribution in [2.75, 3.05) is 0 Å². The van der Waals surface area contributed by atoms with Gasteiger partial charge in [0.15, 0.2) is 11.0 Å². The van der Waals surface area contributed by atoms with Crippen molar-refractivity contribution in [3.8, 4) is 11.4 Å². The maximum absolute atomic E-state index is 6.18. The van der Waals surface area contributed by atoms with Gasteiger partial charge in [-0.15, -0.1) is 20.4 Å². The first-order valence-electron chi connectivity index (χ1n) is 11.3. The number of hydrogen-bond acceptors (Lipinski definition) is 7. The Morgan fingerprint density at radius 1 is 0.771 bits per heavy atom. The van der Waals surface area contributed by atoms with Crippen LogP contribution < -0.4 is 4.74 Å². The van der Waals surface area contributed by atoms with Gasteiger partial charge in [-0.1, -0.05) is 78.5 Å². The minimum absolute atomic E-state index is 0.302. The minimum Gasteiger partial charge on any atom is -0.485 e. The third-order valence-electron chi connectivity index (χ3n) is 5.50. The molecule has 0 unspecified atom stereocenters. The second-order valence-electron chi connectivity index (χ2n) is 8.12. The van der Waals surface area contributed by atoms with Crippen LogP contribution in [0.15, 0.2) is 88.4 Å². The highest BCUT2D eigenvalue weighted by molar-refractivity contribution is 7.98. The summed E-state index contributed by atoms with van der Waals surface area (Å²) in [7, 11) is 0. The van der Waals surface area contributed by atoms with Crippen LogP contribution in [0.4, 0.5) is 0 Å². The summed E-state index contributed by atoms with van der Waals surface area (Å²) < 4.78 is 14.1. The number of nitrogens with zero attached hydrogens (tertiary/aromatic N) is 5. The normalized spacial score (nSPS) is 11.0. The highest BCUT2D eigenvalue weighted by Gasteiger charge is 2.17. The molecule has 0 aliphatic carbocycles. The molecular formula is C27H25N5O2S. The Bertz CT molecular complexity index is 1380. The number of para-hydroxylation sites is 2. The molecule has 7 nitrogen and oxygen atoms in total. The standard InChI is InChI=1S/C27H25N5O2S/c1-19-10-9-11-20(2)26(19)33-17-23-28-31-27(32(23)22-14-7-4-8-15-22)35-18-25-30-29-24(34-25)16-21-12-5-3-6-13-21/h3-15H,16-18H2,1-2H3. The van der Waals surface area contributed by atoms with Crippen molar-refractivity contribution in [2.45, 2.75) is 37.8 Å². The summed E-state index contributed by atoms with van der Waals surface area (Å²) in [5.41, 5.74) is 4.28. The zero-order valence-corrected chi connectivity index (χ0v) is 20.4. The molecule has 5 aromatic rings. The average Bonchev–Trinajstić information content (AvgIpc) is 3.50. The smallest absolute Gasteiger partial charge is 0.226 e. The molecule has 8 heteroatoms. The Morgan fingerprint density at radius 3 is 2.20 bits per heavy atom. The fourth-order valence-corrected chi connectivity index (χ4v) is 4.61. The lowest BCUT2D eigenvalue weighted by atomic mass is 10.1. The fourth-order valence-electron chi connectivity index (χ4n) is 3.80. The van der Waals surface area contributed by atoms with E-state index in [-0.39, 0.29) is 0 Å². The number of rotatable bonds is 9. The van der Waals surface area contributed by atoms with Gasteiger partial charge in [0.25, 0.3) is 0 Å². The molecule has 2 aromatic heterocycles. The van der Waals surface area contributed by atoms with E-state index in [1.54, 1.807) is 0 Å². The van der Waals surface area contributed by atoms with E-state index in [2.05, 4.69) is 20.4 Å². The number of thioether (sulfide) groups is 1. The van der Waals surface area contributed by atoms with Crippen molar-refractivity contribution in [1.29, 1.82) is 0 Å². The van der Waals surface area contributed by atoms with Gasteiger partial charge in [-0.05, 0) is 42.7 Å². The predicted octanol–water partition coefficient (Wildman–Crippen LogP) is 5.73. The van der Waals surface area contributed by atoms with Crippen molar-refractivity contribution in [3.63, 3.8) is 0 Å².